The number of piperidine rings is 1. The number of nitrogens with zero attached hydrogens (tertiary/aromatic N) is 2. The summed E-state index contributed by atoms with van der Waals surface area (Å²) in [5.41, 5.74) is 9.10. The predicted molar refractivity (Wildman–Crippen MR) is 99.3 cm³/mol. The van der Waals surface area contributed by atoms with Crippen LogP contribution in [0.5, 0.6) is 0 Å². The van der Waals surface area contributed by atoms with Crippen LogP contribution in [0.25, 0.3) is 0 Å². The van der Waals surface area contributed by atoms with Crippen molar-refractivity contribution in [3.63, 3.8) is 0 Å². The fourth-order valence-electron chi connectivity index (χ4n) is 4.13. The third-order valence-corrected chi connectivity index (χ3v) is 5.87. The van der Waals surface area contributed by atoms with Gasteiger partial charge in [-0.1, -0.05) is 19.1 Å². The largest absolute Gasteiger partial charge is 0.338 e. The van der Waals surface area contributed by atoms with Gasteiger partial charge in [-0.2, -0.15) is 0 Å². The van der Waals surface area contributed by atoms with Gasteiger partial charge in [0.25, 0.3) is 0 Å². The highest BCUT2D eigenvalue weighted by atomic mass is 16.2. The van der Waals surface area contributed by atoms with Gasteiger partial charge in [0.15, 0.2) is 0 Å². The first kappa shape index (κ1) is 17.9. The van der Waals surface area contributed by atoms with Crippen molar-refractivity contribution < 1.29 is 9.59 Å². The van der Waals surface area contributed by atoms with Gasteiger partial charge in [0, 0.05) is 37.8 Å². The summed E-state index contributed by atoms with van der Waals surface area (Å²) in [7, 11) is 0. The summed E-state index contributed by atoms with van der Waals surface area (Å²) < 4.78 is 0. The highest BCUT2D eigenvalue weighted by Gasteiger charge is 2.40. The molecule has 2 aliphatic heterocycles. The lowest BCUT2D eigenvalue weighted by molar-refractivity contribution is -0.139. The van der Waals surface area contributed by atoms with E-state index >= 15 is 0 Å². The molecule has 0 saturated carbocycles. The van der Waals surface area contributed by atoms with E-state index in [1.807, 2.05) is 36.9 Å². The Morgan fingerprint density at radius 2 is 2.08 bits per heavy atom. The van der Waals surface area contributed by atoms with Gasteiger partial charge in [-0.15, -0.1) is 0 Å². The van der Waals surface area contributed by atoms with Crippen LogP contribution in [0.15, 0.2) is 18.2 Å². The van der Waals surface area contributed by atoms with Gasteiger partial charge in [-0.3, -0.25) is 9.59 Å². The summed E-state index contributed by atoms with van der Waals surface area (Å²) >= 11 is 0. The molecule has 25 heavy (non-hydrogen) atoms. The van der Waals surface area contributed by atoms with E-state index in [1.165, 1.54) is 0 Å². The van der Waals surface area contributed by atoms with Crippen molar-refractivity contribution in [1.82, 2.24) is 4.90 Å². The second-order valence-corrected chi connectivity index (χ2v) is 7.68. The topological polar surface area (TPSA) is 66.6 Å². The van der Waals surface area contributed by atoms with E-state index in [9.17, 15) is 9.59 Å². The molecule has 2 amide bonds. The lowest BCUT2D eigenvalue weighted by Gasteiger charge is -2.39. The standard InChI is InChI=1S/C20H29N3O2/c1-13-7-8-22(17(9-13)11-21)20(25)16-10-19(24)23(12-16)18-6-4-5-14(2)15(18)3/h4-6,13,16-17H,7-12,21H2,1-3H3. The maximum Gasteiger partial charge on any atom is 0.228 e. The van der Waals surface area contributed by atoms with Gasteiger partial charge >= 0.3 is 0 Å². The predicted octanol–water partition coefficient (Wildman–Crippen LogP) is 2.24. The Morgan fingerprint density at radius 3 is 2.80 bits per heavy atom. The van der Waals surface area contributed by atoms with Gasteiger partial charge in [0.05, 0.1) is 5.92 Å². The zero-order valence-electron chi connectivity index (χ0n) is 15.5. The summed E-state index contributed by atoms with van der Waals surface area (Å²) in [6.07, 6.45) is 2.28. The zero-order valence-corrected chi connectivity index (χ0v) is 15.5. The van der Waals surface area contributed by atoms with Crippen LogP contribution in [0.2, 0.25) is 0 Å². The van der Waals surface area contributed by atoms with E-state index < -0.39 is 0 Å². The quantitative estimate of drug-likeness (QED) is 0.915. The smallest absolute Gasteiger partial charge is 0.228 e. The molecule has 0 bridgehead atoms. The fraction of sp³-hybridized carbons (Fsp3) is 0.600. The van der Waals surface area contributed by atoms with Crippen LogP contribution in [-0.2, 0) is 9.59 Å². The number of carbonyl (C=O) groups is 2. The zero-order chi connectivity index (χ0) is 18.1. The second kappa shape index (κ2) is 7.16. The van der Waals surface area contributed by atoms with Gasteiger partial charge in [0.2, 0.25) is 11.8 Å². The van der Waals surface area contributed by atoms with E-state index in [0.29, 0.717) is 25.4 Å². The number of carbonyl (C=O) groups excluding carboxylic acids is 2. The summed E-state index contributed by atoms with van der Waals surface area (Å²) in [6.45, 7) is 8.02. The first-order chi connectivity index (χ1) is 11.9. The van der Waals surface area contributed by atoms with E-state index in [4.69, 9.17) is 5.73 Å². The van der Waals surface area contributed by atoms with Gasteiger partial charge < -0.3 is 15.5 Å². The first-order valence-electron chi connectivity index (χ1n) is 9.29. The number of benzene rings is 1. The molecule has 5 heteroatoms. The number of hydrogen-bond acceptors (Lipinski definition) is 3. The lowest BCUT2D eigenvalue weighted by atomic mass is 9.91. The minimum atomic E-state index is -0.255. The van der Waals surface area contributed by atoms with Crippen molar-refractivity contribution >= 4 is 17.5 Å². The minimum absolute atomic E-state index is 0.0433. The number of aryl methyl sites for hydroxylation is 1. The third kappa shape index (κ3) is 3.43. The fourth-order valence-corrected chi connectivity index (χ4v) is 4.13. The number of rotatable bonds is 3. The van der Waals surface area contributed by atoms with Crippen LogP contribution in [-0.4, -0.2) is 42.4 Å². The van der Waals surface area contributed by atoms with Crippen LogP contribution in [0.1, 0.15) is 37.3 Å². The molecule has 1 aromatic rings. The molecule has 0 spiro atoms. The molecule has 2 heterocycles. The molecular formula is C20H29N3O2. The summed E-state index contributed by atoms with van der Waals surface area (Å²) in [5.74, 6) is 0.495. The molecular weight excluding hydrogens is 314 g/mol. The summed E-state index contributed by atoms with van der Waals surface area (Å²) in [6, 6.07) is 6.10. The molecule has 2 saturated heterocycles. The molecule has 2 N–H and O–H groups in total. The number of amides is 2. The molecule has 3 unspecified atom stereocenters. The average Bonchev–Trinajstić information content (AvgIpc) is 2.98. The van der Waals surface area contributed by atoms with Crippen LogP contribution in [0, 0.1) is 25.7 Å². The number of hydrogen-bond donors (Lipinski definition) is 1. The first-order valence-corrected chi connectivity index (χ1v) is 9.29. The van der Waals surface area contributed by atoms with Crippen LogP contribution in [0.4, 0.5) is 5.69 Å². The lowest BCUT2D eigenvalue weighted by Crippen LogP contribution is -2.51. The van der Waals surface area contributed by atoms with E-state index in [2.05, 4.69) is 6.92 Å². The second-order valence-electron chi connectivity index (χ2n) is 7.68. The highest BCUT2D eigenvalue weighted by Crippen LogP contribution is 2.32. The van der Waals surface area contributed by atoms with Crippen molar-refractivity contribution in [2.75, 3.05) is 24.5 Å². The SMILES string of the molecule is Cc1cccc(N2CC(C(=O)N3CCC(C)CC3CN)CC2=O)c1C. The average molecular weight is 343 g/mol. The van der Waals surface area contributed by atoms with Crippen LogP contribution in [0.3, 0.4) is 0 Å². The summed E-state index contributed by atoms with van der Waals surface area (Å²) in [5, 5.41) is 0. The number of nitrogens with two attached hydrogens (primary N) is 1. The van der Waals surface area contributed by atoms with Gasteiger partial charge in [-0.25, -0.2) is 0 Å². The van der Waals surface area contributed by atoms with Crippen LogP contribution >= 0.6 is 0 Å². The molecule has 2 aliphatic rings. The van der Waals surface area contributed by atoms with Gasteiger partial charge in [0.1, 0.15) is 0 Å². The molecule has 3 rings (SSSR count). The Morgan fingerprint density at radius 1 is 1.32 bits per heavy atom. The Bertz CT molecular complexity index is 673. The van der Waals surface area contributed by atoms with Crippen LogP contribution < -0.4 is 10.6 Å². The Kier molecular flexibility index (Phi) is 5.13. The van der Waals surface area contributed by atoms with Gasteiger partial charge in [-0.05, 0) is 49.8 Å². The molecule has 0 aromatic heterocycles. The summed E-state index contributed by atoms with van der Waals surface area (Å²) in [4.78, 5) is 29.3. The number of anilines is 1. The molecule has 0 aliphatic carbocycles. The Balaban J connectivity index is 1.76. The van der Waals surface area contributed by atoms with Crippen molar-refractivity contribution in [2.24, 2.45) is 17.6 Å². The normalized spacial score (nSPS) is 27.0. The van der Waals surface area contributed by atoms with Crippen molar-refractivity contribution in [1.29, 1.82) is 0 Å². The Labute approximate surface area is 150 Å². The molecule has 2 fully saturated rings. The highest BCUT2D eigenvalue weighted by molar-refractivity contribution is 6.01. The molecule has 5 nitrogen and oxygen atoms in total. The van der Waals surface area contributed by atoms with Crippen molar-refractivity contribution in [3.05, 3.63) is 29.3 Å². The van der Waals surface area contributed by atoms with E-state index in [1.54, 1.807) is 4.90 Å². The molecule has 3 atom stereocenters. The third-order valence-electron chi connectivity index (χ3n) is 5.87. The molecule has 136 valence electrons. The molecule has 1 aromatic carbocycles. The van der Waals surface area contributed by atoms with Crippen molar-refractivity contribution in [3.8, 4) is 0 Å². The minimum Gasteiger partial charge on any atom is -0.338 e. The maximum absolute atomic E-state index is 13.0. The van der Waals surface area contributed by atoms with E-state index in [-0.39, 0.29) is 23.8 Å². The van der Waals surface area contributed by atoms with E-state index in [0.717, 1.165) is 36.2 Å². The van der Waals surface area contributed by atoms with Crippen molar-refractivity contribution in [2.45, 2.75) is 46.1 Å². The maximum atomic E-state index is 13.0. The molecule has 0 radical (unpaired) electrons. The number of likely N-dealkylation sites (tertiary alicyclic amines) is 1. The Hall–Kier alpha value is -1.88. The monoisotopic (exact) mass is 343 g/mol.